The summed E-state index contributed by atoms with van der Waals surface area (Å²) in [5.41, 5.74) is 3.95. The molecule has 228 valence electrons. The summed E-state index contributed by atoms with van der Waals surface area (Å²) in [6, 6.07) is 25.9. The molecule has 14 nitrogen and oxygen atoms in total. The lowest BCUT2D eigenvalue weighted by Gasteiger charge is -2.20. The predicted molar refractivity (Wildman–Crippen MR) is 167 cm³/mol. The van der Waals surface area contributed by atoms with Gasteiger partial charge in [0.15, 0.2) is 11.5 Å². The maximum absolute atomic E-state index is 14.0. The van der Waals surface area contributed by atoms with E-state index in [9.17, 15) is 31.4 Å². The average Bonchev–Trinajstić information content (AvgIpc) is 3.43. The van der Waals surface area contributed by atoms with Crippen LogP contribution >= 0.6 is 0 Å². The number of anilines is 1. The summed E-state index contributed by atoms with van der Waals surface area (Å²) in [7, 11) is -9.27. The Morgan fingerprint density at radius 3 is 2.13 bits per heavy atom. The molecule has 3 N–H and O–H groups in total. The monoisotopic (exact) mass is 653 g/mol. The Hall–Kier alpha value is -5.86. The molecule has 6 rings (SSSR count). The number of allylic oxidation sites excluding steroid dienone is 2. The van der Waals surface area contributed by atoms with Gasteiger partial charge in [-0.05, 0) is 60.2 Å². The fourth-order valence-electron chi connectivity index (χ4n) is 4.73. The van der Waals surface area contributed by atoms with Gasteiger partial charge in [0, 0.05) is 5.57 Å². The molecule has 4 aromatic carbocycles. The molecular weight excluding hydrogens is 635 g/mol. The van der Waals surface area contributed by atoms with E-state index in [1.54, 1.807) is 54.6 Å². The number of nitrogens with zero attached hydrogens (tertiary/aromatic N) is 6. The van der Waals surface area contributed by atoms with Crippen molar-refractivity contribution in [2.75, 3.05) is 5.43 Å². The molecule has 0 atom stereocenters. The van der Waals surface area contributed by atoms with Gasteiger partial charge >= 0.3 is 0 Å². The molecule has 16 heteroatoms. The molecule has 46 heavy (non-hydrogen) atoms. The van der Waals surface area contributed by atoms with Crippen molar-refractivity contribution in [3.8, 4) is 6.07 Å². The number of nitriles is 1. The number of para-hydroxylation sites is 2. The molecule has 0 spiro atoms. The van der Waals surface area contributed by atoms with Crippen LogP contribution in [0.2, 0.25) is 0 Å². The zero-order chi connectivity index (χ0) is 32.6. The van der Waals surface area contributed by atoms with Crippen molar-refractivity contribution in [1.82, 2.24) is 9.55 Å². The van der Waals surface area contributed by atoms with Crippen molar-refractivity contribution in [1.29, 1.82) is 5.26 Å². The zero-order valence-electron chi connectivity index (χ0n) is 23.2. The number of benzene rings is 4. The average molecular weight is 654 g/mol. The number of rotatable bonds is 7. The van der Waals surface area contributed by atoms with Crippen molar-refractivity contribution in [3.05, 3.63) is 108 Å². The Morgan fingerprint density at radius 2 is 1.46 bits per heavy atom. The summed E-state index contributed by atoms with van der Waals surface area (Å²) in [5, 5.41) is 22.3. The van der Waals surface area contributed by atoms with Crippen LogP contribution in [0.15, 0.2) is 122 Å². The standard InChI is InChI=1S/C30H19N7O7S2/c31-17-22-27(18-6-2-1-3-7-18)28(30(38)37-25-9-5-4-8-23(25)32-29(22)37)36-35-24-15-12-20(16-26(24)46(42,43)44)34-33-19-10-13-21(14-11-19)45(39,40)41/h1-16,35H,(H,39,40,41)(H,42,43,44)/b34-33-,36-28+. The fourth-order valence-corrected chi connectivity index (χ4v) is 5.87. The highest BCUT2D eigenvalue weighted by Crippen LogP contribution is 2.35. The second-order valence-electron chi connectivity index (χ2n) is 9.69. The number of carbonyl (C=O) groups is 1. The van der Waals surface area contributed by atoms with E-state index in [1.807, 2.05) is 0 Å². The summed E-state index contributed by atoms with van der Waals surface area (Å²) >= 11 is 0. The van der Waals surface area contributed by atoms with Gasteiger partial charge in [-0.15, -0.1) is 0 Å². The molecule has 0 saturated heterocycles. The lowest BCUT2D eigenvalue weighted by atomic mass is 9.92. The highest BCUT2D eigenvalue weighted by molar-refractivity contribution is 7.86. The van der Waals surface area contributed by atoms with Crippen LogP contribution in [-0.4, -0.2) is 47.1 Å². The Balaban J connectivity index is 1.42. The third kappa shape index (κ3) is 5.69. The van der Waals surface area contributed by atoms with Gasteiger partial charge in [-0.3, -0.25) is 23.9 Å². The Bertz CT molecular complexity index is 2410. The number of hydrazone groups is 1. The van der Waals surface area contributed by atoms with E-state index < -0.39 is 31.0 Å². The van der Waals surface area contributed by atoms with E-state index in [0.29, 0.717) is 16.6 Å². The quantitative estimate of drug-likeness (QED) is 0.114. The number of hydrogen-bond donors (Lipinski definition) is 3. The van der Waals surface area contributed by atoms with Crippen molar-refractivity contribution in [3.63, 3.8) is 0 Å². The van der Waals surface area contributed by atoms with Gasteiger partial charge in [-0.2, -0.15) is 37.4 Å². The van der Waals surface area contributed by atoms with Crippen LogP contribution in [0.25, 0.3) is 22.2 Å². The molecule has 0 fully saturated rings. The lowest BCUT2D eigenvalue weighted by molar-refractivity contribution is 0.0994. The molecular formula is C30H19N7O7S2. The number of carbonyl (C=O) groups excluding carboxylic acids is 1. The summed E-state index contributed by atoms with van der Waals surface area (Å²) < 4.78 is 67.6. The minimum atomic E-state index is -4.87. The maximum atomic E-state index is 14.0. The molecule has 0 aliphatic carbocycles. The van der Waals surface area contributed by atoms with E-state index in [2.05, 4.69) is 31.8 Å². The molecule has 2 heterocycles. The first-order valence-corrected chi connectivity index (χ1v) is 16.0. The normalized spacial score (nSPS) is 14.5. The molecule has 5 aromatic rings. The predicted octanol–water partition coefficient (Wildman–Crippen LogP) is 5.50. The topological polar surface area (TPSA) is 217 Å². The van der Waals surface area contributed by atoms with E-state index in [0.717, 1.165) is 18.2 Å². The summed E-state index contributed by atoms with van der Waals surface area (Å²) in [4.78, 5) is 17.5. The SMILES string of the molecule is N#CC1=C(c2ccccc2)/C(=N\Nc2ccc(/N=N\c3ccc(S(=O)(=O)O)cc3)cc2S(=O)(=O)O)C(=O)n2c1nc1ccccc12. The summed E-state index contributed by atoms with van der Waals surface area (Å²) in [5.74, 6) is -0.500. The minimum Gasteiger partial charge on any atom is -0.282 e. The number of hydrogen-bond acceptors (Lipinski definition) is 11. The van der Waals surface area contributed by atoms with Gasteiger partial charge in [-0.25, -0.2) is 4.98 Å². The third-order valence-corrected chi connectivity index (χ3v) is 8.56. The molecule has 0 unspecified atom stereocenters. The van der Waals surface area contributed by atoms with Crippen molar-refractivity contribution in [2.45, 2.75) is 9.79 Å². The number of azo groups is 1. The third-order valence-electron chi connectivity index (χ3n) is 6.80. The van der Waals surface area contributed by atoms with Crippen LogP contribution in [0.4, 0.5) is 17.1 Å². The van der Waals surface area contributed by atoms with E-state index >= 15 is 0 Å². The molecule has 1 aliphatic heterocycles. The Kier molecular flexibility index (Phi) is 7.59. The largest absolute Gasteiger partial charge is 0.296 e. The molecule has 1 aliphatic rings. The highest BCUT2D eigenvalue weighted by atomic mass is 32.2. The Labute approximate surface area is 261 Å². The van der Waals surface area contributed by atoms with Gasteiger partial charge in [0.1, 0.15) is 16.5 Å². The van der Waals surface area contributed by atoms with Gasteiger partial charge in [-0.1, -0.05) is 42.5 Å². The molecule has 1 aromatic heterocycles. The van der Waals surface area contributed by atoms with E-state index in [4.69, 9.17) is 4.55 Å². The van der Waals surface area contributed by atoms with Gasteiger partial charge in [0.25, 0.3) is 26.1 Å². The number of fused-ring (bicyclic) bond motifs is 3. The lowest BCUT2D eigenvalue weighted by Crippen LogP contribution is -2.30. The first-order chi connectivity index (χ1) is 22.0. The Morgan fingerprint density at radius 1 is 0.804 bits per heavy atom. The molecule has 0 bridgehead atoms. The van der Waals surface area contributed by atoms with Crippen LogP contribution < -0.4 is 5.43 Å². The van der Waals surface area contributed by atoms with E-state index in [-0.39, 0.29) is 44.6 Å². The second kappa shape index (κ2) is 11.6. The van der Waals surface area contributed by atoms with E-state index in [1.165, 1.54) is 28.8 Å². The fraction of sp³-hybridized carbons (Fsp3) is 0. The smallest absolute Gasteiger partial charge is 0.282 e. The second-order valence-corrected chi connectivity index (χ2v) is 12.5. The van der Waals surface area contributed by atoms with Crippen molar-refractivity contribution < 1.29 is 30.7 Å². The number of imidazole rings is 1. The maximum Gasteiger partial charge on any atom is 0.296 e. The zero-order valence-corrected chi connectivity index (χ0v) is 24.8. The molecule has 0 amide bonds. The van der Waals surface area contributed by atoms with Gasteiger partial charge in [0.05, 0.1) is 33.0 Å². The molecule has 0 saturated carbocycles. The van der Waals surface area contributed by atoms with Gasteiger partial charge in [0.2, 0.25) is 0 Å². The number of nitrogens with one attached hydrogen (secondary N) is 1. The number of aromatic nitrogens is 2. The minimum absolute atomic E-state index is 0.00964. The van der Waals surface area contributed by atoms with Crippen LogP contribution in [0, 0.1) is 11.3 Å². The van der Waals surface area contributed by atoms with Crippen LogP contribution in [-0.2, 0) is 20.2 Å². The first kappa shape index (κ1) is 30.2. The van der Waals surface area contributed by atoms with Gasteiger partial charge < -0.3 is 0 Å². The van der Waals surface area contributed by atoms with Crippen LogP contribution in [0.3, 0.4) is 0 Å². The van der Waals surface area contributed by atoms with Crippen molar-refractivity contribution in [2.24, 2.45) is 15.3 Å². The van der Waals surface area contributed by atoms with Crippen LogP contribution in [0.5, 0.6) is 0 Å². The van der Waals surface area contributed by atoms with Crippen molar-refractivity contribution >= 4 is 71.1 Å². The summed E-state index contributed by atoms with van der Waals surface area (Å²) in [6.07, 6.45) is 0. The highest BCUT2D eigenvalue weighted by Gasteiger charge is 2.35. The first-order valence-electron chi connectivity index (χ1n) is 13.1. The summed E-state index contributed by atoms with van der Waals surface area (Å²) in [6.45, 7) is 0. The van der Waals surface area contributed by atoms with Crippen LogP contribution in [0.1, 0.15) is 16.2 Å². The molecule has 0 radical (unpaired) electrons.